The van der Waals surface area contributed by atoms with Crippen LogP contribution in [0.15, 0.2) is 18.2 Å². The monoisotopic (exact) mass is 278 g/mol. The number of hydrogen-bond acceptors (Lipinski definition) is 2. The molecule has 1 aromatic rings. The first kappa shape index (κ1) is 12.5. The third-order valence-electron chi connectivity index (χ3n) is 3.51. The highest BCUT2D eigenvalue weighted by molar-refractivity contribution is 6.21. The maximum Gasteiger partial charge on any atom is 0.233 e. The van der Waals surface area contributed by atoms with E-state index in [4.69, 9.17) is 11.6 Å². The molecule has 2 amide bonds. The number of halogens is 1. The van der Waals surface area contributed by atoms with E-state index in [0.717, 1.165) is 17.9 Å². The number of alkyl halides is 1. The molecule has 1 aromatic carbocycles. The van der Waals surface area contributed by atoms with Gasteiger partial charge in [-0.3, -0.25) is 9.59 Å². The Bertz CT molecular complexity index is 540. The van der Waals surface area contributed by atoms with Gasteiger partial charge in [0.25, 0.3) is 0 Å². The molecule has 1 unspecified atom stereocenters. The van der Waals surface area contributed by atoms with Crippen molar-refractivity contribution in [1.82, 2.24) is 0 Å². The molecule has 0 saturated heterocycles. The minimum absolute atomic E-state index is 0.0337. The van der Waals surface area contributed by atoms with Gasteiger partial charge in [0.05, 0.1) is 16.8 Å². The van der Waals surface area contributed by atoms with Gasteiger partial charge in [0.15, 0.2) is 0 Å². The summed E-state index contributed by atoms with van der Waals surface area (Å²) in [5.41, 5.74) is 2.26. The highest BCUT2D eigenvalue weighted by Crippen LogP contribution is 2.41. The second-order valence-corrected chi connectivity index (χ2v) is 5.75. The summed E-state index contributed by atoms with van der Waals surface area (Å²) in [6, 6.07) is 5.58. The number of rotatable bonds is 3. The van der Waals surface area contributed by atoms with Crippen LogP contribution in [0.2, 0.25) is 0 Å². The molecule has 0 radical (unpaired) electrons. The summed E-state index contributed by atoms with van der Waals surface area (Å²) in [4.78, 5) is 23.0. The average molecular weight is 279 g/mol. The van der Waals surface area contributed by atoms with Crippen LogP contribution >= 0.6 is 11.6 Å². The molecule has 0 spiro atoms. The van der Waals surface area contributed by atoms with E-state index < -0.39 is 0 Å². The summed E-state index contributed by atoms with van der Waals surface area (Å²) in [5.74, 6) is 0.168. The molecule has 0 aromatic heterocycles. The Hall–Kier alpha value is -1.55. The van der Waals surface area contributed by atoms with Gasteiger partial charge in [-0.05, 0) is 30.0 Å². The number of amides is 2. The van der Waals surface area contributed by atoms with Gasteiger partial charge in [-0.2, -0.15) is 0 Å². The molecular weight excluding hydrogens is 264 g/mol. The van der Waals surface area contributed by atoms with Gasteiger partial charge in [0.2, 0.25) is 11.8 Å². The summed E-state index contributed by atoms with van der Waals surface area (Å²) in [5, 5.41) is 5.41. The lowest BCUT2D eigenvalue weighted by molar-refractivity contribution is -0.123. The highest BCUT2D eigenvalue weighted by atomic mass is 35.5. The van der Waals surface area contributed by atoms with Crippen molar-refractivity contribution >= 4 is 34.8 Å². The fourth-order valence-corrected chi connectivity index (χ4v) is 2.67. The van der Waals surface area contributed by atoms with E-state index in [2.05, 4.69) is 10.6 Å². The first-order valence-corrected chi connectivity index (χ1v) is 6.93. The van der Waals surface area contributed by atoms with Crippen molar-refractivity contribution in [2.75, 3.05) is 10.6 Å². The molecular formula is C14H15ClN2O2. The zero-order valence-electron chi connectivity index (χ0n) is 10.4. The number of hydrogen-bond donors (Lipinski definition) is 2. The summed E-state index contributed by atoms with van der Waals surface area (Å²) < 4.78 is 0. The van der Waals surface area contributed by atoms with Gasteiger partial charge >= 0.3 is 0 Å². The Labute approximate surface area is 116 Å². The molecule has 2 N–H and O–H groups in total. The number of anilines is 2. The molecule has 3 rings (SSSR count). The van der Waals surface area contributed by atoms with Crippen LogP contribution in [0.3, 0.4) is 0 Å². The summed E-state index contributed by atoms with van der Waals surface area (Å²) in [6.45, 7) is 0. The number of benzene rings is 1. The standard InChI is InChI=1S/C14H15ClN2O2/c15-10(5-8-1-2-8)9-3-4-11-12(6-9)17-14(19)7-13(18)16-11/h3-4,6,8,10H,1-2,5,7H2,(H,16,18)(H,17,19). The quantitative estimate of drug-likeness (QED) is 0.659. The topological polar surface area (TPSA) is 58.2 Å². The number of nitrogens with one attached hydrogen (secondary N) is 2. The lowest BCUT2D eigenvalue weighted by Crippen LogP contribution is -2.16. The van der Waals surface area contributed by atoms with E-state index in [0.29, 0.717) is 11.4 Å². The van der Waals surface area contributed by atoms with E-state index >= 15 is 0 Å². The number of carbonyl (C=O) groups excluding carboxylic acids is 2. The van der Waals surface area contributed by atoms with Crippen molar-refractivity contribution in [2.24, 2.45) is 5.92 Å². The normalized spacial score (nSPS) is 20.1. The molecule has 19 heavy (non-hydrogen) atoms. The number of carbonyl (C=O) groups is 2. The summed E-state index contributed by atoms with van der Waals surface area (Å²) >= 11 is 6.39. The van der Waals surface area contributed by atoms with Crippen LogP contribution < -0.4 is 10.6 Å². The predicted molar refractivity (Wildman–Crippen MR) is 74.3 cm³/mol. The van der Waals surface area contributed by atoms with Gasteiger partial charge in [-0.15, -0.1) is 11.6 Å². The molecule has 2 aliphatic rings. The Morgan fingerprint density at radius 1 is 1.16 bits per heavy atom. The van der Waals surface area contributed by atoms with Crippen molar-refractivity contribution in [1.29, 1.82) is 0 Å². The lowest BCUT2D eigenvalue weighted by atomic mass is 10.1. The van der Waals surface area contributed by atoms with Crippen LogP contribution in [-0.4, -0.2) is 11.8 Å². The molecule has 1 heterocycles. The van der Waals surface area contributed by atoms with Crippen molar-refractivity contribution in [3.8, 4) is 0 Å². The van der Waals surface area contributed by atoms with Crippen LogP contribution in [-0.2, 0) is 9.59 Å². The van der Waals surface area contributed by atoms with E-state index in [1.54, 1.807) is 6.07 Å². The van der Waals surface area contributed by atoms with E-state index in [-0.39, 0.29) is 23.6 Å². The van der Waals surface area contributed by atoms with Gasteiger partial charge < -0.3 is 10.6 Å². The first-order valence-electron chi connectivity index (χ1n) is 6.49. The van der Waals surface area contributed by atoms with Crippen LogP contribution in [0, 0.1) is 5.92 Å². The van der Waals surface area contributed by atoms with Crippen LogP contribution in [0.1, 0.15) is 36.6 Å². The highest BCUT2D eigenvalue weighted by Gasteiger charge is 2.26. The van der Waals surface area contributed by atoms with Crippen LogP contribution in [0.5, 0.6) is 0 Å². The Kier molecular flexibility index (Phi) is 3.19. The Morgan fingerprint density at radius 3 is 2.53 bits per heavy atom. The maximum absolute atomic E-state index is 11.5. The van der Waals surface area contributed by atoms with Gasteiger partial charge in [-0.1, -0.05) is 18.9 Å². The Morgan fingerprint density at radius 2 is 1.84 bits per heavy atom. The molecule has 4 nitrogen and oxygen atoms in total. The smallest absolute Gasteiger partial charge is 0.233 e. The minimum atomic E-state index is -0.290. The fraction of sp³-hybridized carbons (Fsp3) is 0.429. The molecule has 1 fully saturated rings. The van der Waals surface area contributed by atoms with Gasteiger partial charge in [-0.25, -0.2) is 0 Å². The van der Waals surface area contributed by atoms with Crippen molar-refractivity contribution < 1.29 is 9.59 Å². The average Bonchev–Trinajstić information content (AvgIpc) is 3.14. The van der Waals surface area contributed by atoms with Crippen LogP contribution in [0.4, 0.5) is 11.4 Å². The zero-order valence-corrected chi connectivity index (χ0v) is 11.2. The second kappa shape index (κ2) is 4.85. The molecule has 100 valence electrons. The van der Waals surface area contributed by atoms with Crippen molar-refractivity contribution in [3.63, 3.8) is 0 Å². The largest absolute Gasteiger partial charge is 0.324 e. The number of fused-ring (bicyclic) bond motifs is 1. The van der Waals surface area contributed by atoms with Gasteiger partial charge in [0, 0.05) is 0 Å². The van der Waals surface area contributed by atoms with E-state index in [9.17, 15) is 9.59 Å². The fourth-order valence-electron chi connectivity index (χ4n) is 2.29. The third kappa shape index (κ3) is 2.89. The summed E-state index contributed by atoms with van der Waals surface area (Å²) in [6.07, 6.45) is 3.36. The molecule has 0 bridgehead atoms. The molecule has 1 atom stereocenters. The van der Waals surface area contributed by atoms with Crippen molar-refractivity contribution in [3.05, 3.63) is 23.8 Å². The molecule has 1 saturated carbocycles. The lowest BCUT2D eigenvalue weighted by Gasteiger charge is -2.13. The van der Waals surface area contributed by atoms with E-state index in [1.165, 1.54) is 12.8 Å². The SMILES string of the molecule is O=C1CC(=O)Nc2cc(C(Cl)CC3CC3)ccc2N1. The van der Waals surface area contributed by atoms with Crippen molar-refractivity contribution in [2.45, 2.75) is 31.1 Å². The zero-order chi connectivity index (χ0) is 13.4. The molecule has 5 heteroatoms. The second-order valence-electron chi connectivity index (χ2n) is 5.22. The first-order chi connectivity index (χ1) is 9.11. The van der Waals surface area contributed by atoms with E-state index in [1.807, 2.05) is 12.1 Å². The van der Waals surface area contributed by atoms with Gasteiger partial charge in [0.1, 0.15) is 6.42 Å². The van der Waals surface area contributed by atoms with Crippen LogP contribution in [0.25, 0.3) is 0 Å². The molecule has 1 aliphatic heterocycles. The third-order valence-corrected chi connectivity index (χ3v) is 3.94. The minimum Gasteiger partial charge on any atom is -0.324 e. The predicted octanol–water partition coefficient (Wildman–Crippen LogP) is 3.05. The summed E-state index contributed by atoms with van der Waals surface area (Å²) in [7, 11) is 0. The maximum atomic E-state index is 11.5. The molecule has 1 aliphatic carbocycles. The Balaban J connectivity index is 1.85.